The van der Waals surface area contributed by atoms with Crippen LogP contribution in [-0.2, 0) is 4.79 Å². The first-order valence-corrected chi connectivity index (χ1v) is 2.60. The zero-order valence-corrected chi connectivity index (χ0v) is 5.14. The monoisotopic (exact) mass is 114 g/mol. The Labute approximate surface area is 48.8 Å². The van der Waals surface area contributed by atoms with Crippen molar-refractivity contribution in [1.29, 1.82) is 0 Å². The zero-order chi connectivity index (χ0) is 6.57. The van der Waals surface area contributed by atoms with Crippen LogP contribution in [0.1, 0.15) is 20.3 Å². The van der Waals surface area contributed by atoms with Gasteiger partial charge < -0.3 is 5.11 Å². The summed E-state index contributed by atoms with van der Waals surface area (Å²) in [6, 6.07) is 0. The van der Waals surface area contributed by atoms with Crippen LogP contribution in [0, 0.1) is 0 Å². The van der Waals surface area contributed by atoms with E-state index >= 15 is 0 Å². The number of hydrogen-bond donors (Lipinski definition) is 1. The number of aliphatic carboxylic acids is 1. The van der Waals surface area contributed by atoms with Gasteiger partial charge >= 0.3 is 5.97 Å². The molecule has 0 fully saturated rings. The van der Waals surface area contributed by atoms with Crippen molar-refractivity contribution in [1.82, 2.24) is 0 Å². The summed E-state index contributed by atoms with van der Waals surface area (Å²) < 4.78 is 0. The summed E-state index contributed by atoms with van der Waals surface area (Å²) in [7, 11) is 0. The maximum absolute atomic E-state index is 10.1. The van der Waals surface area contributed by atoms with Crippen molar-refractivity contribution in [3.8, 4) is 0 Å². The van der Waals surface area contributed by atoms with Gasteiger partial charge in [0, 0.05) is 5.57 Å². The van der Waals surface area contributed by atoms with E-state index in [-0.39, 0.29) is 0 Å². The van der Waals surface area contributed by atoms with Crippen LogP contribution >= 0.6 is 0 Å². The molecule has 0 heterocycles. The first kappa shape index (κ1) is 7.21. The Morgan fingerprint density at radius 1 is 1.75 bits per heavy atom. The second kappa shape index (κ2) is 3.24. The topological polar surface area (TPSA) is 37.3 Å². The number of allylic oxidation sites excluding steroid dienone is 1. The Balaban J connectivity index is 3.92. The highest BCUT2D eigenvalue weighted by atomic mass is 16.4. The second-order valence-electron chi connectivity index (χ2n) is 1.47. The van der Waals surface area contributed by atoms with Gasteiger partial charge in [-0.1, -0.05) is 13.0 Å². The van der Waals surface area contributed by atoms with Gasteiger partial charge in [-0.3, -0.25) is 0 Å². The molecule has 2 nitrogen and oxygen atoms in total. The average molecular weight is 114 g/mol. The molecular weight excluding hydrogens is 104 g/mol. The molecule has 2 heteroatoms. The summed E-state index contributed by atoms with van der Waals surface area (Å²) in [5, 5.41) is 8.30. The minimum Gasteiger partial charge on any atom is -0.478 e. The second-order valence-corrected chi connectivity index (χ2v) is 1.47. The van der Waals surface area contributed by atoms with Crippen LogP contribution in [0.25, 0.3) is 0 Å². The molecule has 0 aromatic heterocycles. The summed E-state index contributed by atoms with van der Waals surface area (Å²) in [5.74, 6) is -0.810. The molecule has 0 aromatic rings. The summed E-state index contributed by atoms with van der Waals surface area (Å²) in [6.07, 6.45) is 2.22. The highest BCUT2D eigenvalue weighted by Gasteiger charge is 1.99. The van der Waals surface area contributed by atoms with Gasteiger partial charge in [-0.05, 0) is 13.3 Å². The molecule has 0 saturated heterocycles. The van der Waals surface area contributed by atoms with E-state index in [4.69, 9.17) is 5.11 Å². The van der Waals surface area contributed by atoms with E-state index in [1.54, 1.807) is 13.0 Å². The fraction of sp³-hybridized carbons (Fsp3) is 0.500. The maximum atomic E-state index is 10.1. The van der Waals surface area contributed by atoms with Crippen molar-refractivity contribution >= 4 is 5.97 Å². The Morgan fingerprint density at radius 2 is 2.25 bits per heavy atom. The fourth-order valence-electron chi connectivity index (χ4n) is 0.479. The van der Waals surface area contributed by atoms with Gasteiger partial charge in [0.15, 0.2) is 0 Å². The minimum atomic E-state index is -0.810. The largest absolute Gasteiger partial charge is 0.478 e. The lowest BCUT2D eigenvalue weighted by atomic mass is 10.2. The smallest absolute Gasteiger partial charge is 0.331 e. The predicted molar refractivity (Wildman–Crippen MR) is 31.7 cm³/mol. The number of carboxylic acids is 1. The first-order valence-electron chi connectivity index (χ1n) is 2.60. The lowest BCUT2D eigenvalue weighted by molar-refractivity contribution is -0.132. The SMILES string of the molecule is CC=C(CC)C(=O)O. The van der Waals surface area contributed by atoms with Crippen molar-refractivity contribution in [2.75, 3.05) is 0 Å². The van der Waals surface area contributed by atoms with E-state index in [1.807, 2.05) is 6.92 Å². The van der Waals surface area contributed by atoms with Gasteiger partial charge in [0.05, 0.1) is 0 Å². The summed E-state index contributed by atoms with van der Waals surface area (Å²) in [4.78, 5) is 10.1. The predicted octanol–water partition coefficient (Wildman–Crippen LogP) is 1.43. The normalized spacial score (nSPS) is 11.5. The van der Waals surface area contributed by atoms with E-state index in [2.05, 4.69) is 0 Å². The molecule has 46 valence electrons. The minimum absolute atomic E-state index is 0.477. The van der Waals surface area contributed by atoms with Crippen molar-refractivity contribution in [3.05, 3.63) is 11.6 Å². The summed E-state index contributed by atoms with van der Waals surface area (Å²) in [6.45, 7) is 3.55. The molecule has 0 atom stereocenters. The Morgan fingerprint density at radius 3 is 2.25 bits per heavy atom. The number of carboxylic acid groups (broad SMARTS) is 1. The van der Waals surface area contributed by atoms with Crippen LogP contribution in [0.5, 0.6) is 0 Å². The Hall–Kier alpha value is -0.790. The molecule has 0 amide bonds. The van der Waals surface area contributed by atoms with Gasteiger partial charge in [0.25, 0.3) is 0 Å². The molecule has 0 spiro atoms. The molecular formula is C6H10O2. The molecule has 0 saturated carbocycles. The van der Waals surface area contributed by atoms with Crippen LogP contribution in [0.2, 0.25) is 0 Å². The summed E-state index contributed by atoms with van der Waals surface area (Å²) >= 11 is 0. The van der Waals surface area contributed by atoms with Crippen LogP contribution in [-0.4, -0.2) is 11.1 Å². The molecule has 0 rings (SSSR count). The van der Waals surface area contributed by atoms with E-state index < -0.39 is 5.97 Å². The molecule has 0 radical (unpaired) electrons. The van der Waals surface area contributed by atoms with Crippen molar-refractivity contribution in [3.63, 3.8) is 0 Å². The van der Waals surface area contributed by atoms with Crippen molar-refractivity contribution < 1.29 is 9.90 Å². The molecule has 8 heavy (non-hydrogen) atoms. The van der Waals surface area contributed by atoms with Crippen LogP contribution in [0.4, 0.5) is 0 Å². The van der Waals surface area contributed by atoms with Crippen LogP contribution in [0.15, 0.2) is 11.6 Å². The maximum Gasteiger partial charge on any atom is 0.331 e. The Kier molecular flexibility index (Phi) is 2.92. The highest BCUT2D eigenvalue weighted by molar-refractivity contribution is 5.86. The van der Waals surface area contributed by atoms with E-state index in [9.17, 15) is 4.79 Å². The first-order chi connectivity index (χ1) is 3.72. The molecule has 0 unspecified atom stereocenters. The van der Waals surface area contributed by atoms with Gasteiger partial charge in [0.1, 0.15) is 0 Å². The number of carbonyl (C=O) groups is 1. The molecule has 0 aliphatic rings. The fourth-order valence-corrected chi connectivity index (χ4v) is 0.479. The third-order valence-electron chi connectivity index (χ3n) is 1.00. The Bertz CT molecular complexity index is 114. The molecule has 1 N–H and O–H groups in total. The van der Waals surface area contributed by atoms with Gasteiger partial charge in [0.2, 0.25) is 0 Å². The van der Waals surface area contributed by atoms with Gasteiger partial charge in [-0.15, -0.1) is 0 Å². The summed E-state index contributed by atoms with van der Waals surface area (Å²) in [5.41, 5.74) is 0.477. The van der Waals surface area contributed by atoms with Crippen LogP contribution in [0.3, 0.4) is 0 Å². The van der Waals surface area contributed by atoms with Crippen molar-refractivity contribution in [2.45, 2.75) is 20.3 Å². The van der Waals surface area contributed by atoms with Gasteiger partial charge in [-0.2, -0.15) is 0 Å². The van der Waals surface area contributed by atoms with Crippen molar-refractivity contribution in [2.24, 2.45) is 0 Å². The lowest BCUT2D eigenvalue weighted by Crippen LogP contribution is -1.97. The standard InChI is InChI=1S/C6H10O2/c1-3-5(4-2)6(7)8/h3H,4H2,1-2H3,(H,7,8). The van der Waals surface area contributed by atoms with Crippen LogP contribution < -0.4 is 0 Å². The third-order valence-corrected chi connectivity index (χ3v) is 1.00. The molecule has 0 aliphatic carbocycles. The molecule has 0 bridgehead atoms. The number of rotatable bonds is 2. The highest BCUT2D eigenvalue weighted by Crippen LogP contribution is 1.97. The van der Waals surface area contributed by atoms with E-state index in [1.165, 1.54) is 0 Å². The molecule has 0 aromatic carbocycles. The van der Waals surface area contributed by atoms with E-state index in [0.29, 0.717) is 12.0 Å². The van der Waals surface area contributed by atoms with E-state index in [0.717, 1.165) is 0 Å². The molecule has 0 aliphatic heterocycles. The zero-order valence-electron chi connectivity index (χ0n) is 5.14. The quantitative estimate of drug-likeness (QED) is 0.551. The van der Waals surface area contributed by atoms with Gasteiger partial charge in [-0.25, -0.2) is 4.79 Å². The third kappa shape index (κ3) is 1.78. The lowest BCUT2D eigenvalue weighted by Gasteiger charge is -1.91. The average Bonchev–Trinajstić information content (AvgIpc) is 1.69. The number of hydrogen-bond acceptors (Lipinski definition) is 1.